The first kappa shape index (κ1) is 15.1. The molecule has 1 heterocycles. The molecular formula is C14H14F3N3O. The molecule has 2 N–H and O–H groups in total. The van der Waals surface area contributed by atoms with Crippen molar-refractivity contribution in [1.82, 2.24) is 10.2 Å². The third-order valence-corrected chi connectivity index (χ3v) is 2.88. The average Bonchev–Trinajstić information content (AvgIpc) is 2.83. The van der Waals surface area contributed by atoms with Gasteiger partial charge in [0.1, 0.15) is 5.69 Å². The lowest BCUT2D eigenvalue weighted by atomic mass is 10.0. The lowest BCUT2D eigenvalue weighted by molar-refractivity contribution is -0.140. The van der Waals surface area contributed by atoms with Crippen LogP contribution in [0.5, 0.6) is 0 Å². The maximum Gasteiger partial charge on any atom is 0.433 e. The summed E-state index contributed by atoms with van der Waals surface area (Å²) in [7, 11) is 0. The first-order valence-electron chi connectivity index (χ1n) is 6.32. The highest BCUT2D eigenvalue weighted by atomic mass is 19.4. The van der Waals surface area contributed by atoms with Crippen LogP contribution in [-0.2, 0) is 11.0 Å². The summed E-state index contributed by atoms with van der Waals surface area (Å²) in [5.74, 6) is -0.876. The van der Waals surface area contributed by atoms with E-state index < -0.39 is 17.8 Å². The van der Waals surface area contributed by atoms with E-state index in [1.165, 1.54) is 12.1 Å². The lowest BCUT2D eigenvalue weighted by Gasteiger charge is -2.10. The van der Waals surface area contributed by atoms with Crippen molar-refractivity contribution in [3.05, 3.63) is 36.0 Å². The molecule has 1 aromatic carbocycles. The number of aromatic nitrogens is 2. The fourth-order valence-electron chi connectivity index (χ4n) is 1.78. The topological polar surface area (TPSA) is 57.8 Å². The Labute approximate surface area is 119 Å². The van der Waals surface area contributed by atoms with Crippen LogP contribution in [0.2, 0.25) is 0 Å². The molecule has 0 saturated heterocycles. The summed E-state index contributed by atoms with van der Waals surface area (Å²) in [6.45, 7) is 3.30. The first-order valence-corrected chi connectivity index (χ1v) is 6.32. The molecule has 1 amide bonds. The number of hydrogen-bond acceptors (Lipinski definition) is 2. The van der Waals surface area contributed by atoms with Crippen LogP contribution in [0, 0.1) is 5.92 Å². The van der Waals surface area contributed by atoms with E-state index in [9.17, 15) is 18.0 Å². The quantitative estimate of drug-likeness (QED) is 0.907. The zero-order chi connectivity index (χ0) is 15.6. The summed E-state index contributed by atoms with van der Waals surface area (Å²) in [6, 6.07) is 8.01. The highest BCUT2D eigenvalue weighted by Crippen LogP contribution is 2.39. The molecule has 0 unspecified atom stereocenters. The maximum absolute atomic E-state index is 13.1. The molecule has 1 aromatic heterocycles. The number of anilines is 1. The molecule has 0 atom stereocenters. The lowest BCUT2D eigenvalue weighted by Crippen LogP contribution is -2.18. The van der Waals surface area contributed by atoms with Crippen molar-refractivity contribution < 1.29 is 18.0 Å². The van der Waals surface area contributed by atoms with Gasteiger partial charge in [-0.2, -0.15) is 18.3 Å². The third kappa shape index (κ3) is 3.24. The minimum atomic E-state index is -4.58. The second-order valence-electron chi connectivity index (χ2n) is 4.83. The largest absolute Gasteiger partial charge is 0.433 e. The van der Waals surface area contributed by atoms with Crippen molar-refractivity contribution in [3.8, 4) is 11.1 Å². The molecule has 112 valence electrons. The predicted molar refractivity (Wildman–Crippen MR) is 72.5 cm³/mol. The highest BCUT2D eigenvalue weighted by Gasteiger charge is 2.38. The molecule has 7 heteroatoms. The zero-order valence-corrected chi connectivity index (χ0v) is 11.5. The number of benzene rings is 1. The summed E-state index contributed by atoms with van der Waals surface area (Å²) >= 11 is 0. The van der Waals surface area contributed by atoms with Crippen LogP contribution >= 0.6 is 0 Å². The van der Waals surface area contributed by atoms with Gasteiger partial charge in [0.05, 0.1) is 5.56 Å². The summed E-state index contributed by atoms with van der Waals surface area (Å²) < 4.78 is 39.2. The molecule has 0 fully saturated rings. The van der Waals surface area contributed by atoms with Crippen LogP contribution < -0.4 is 5.32 Å². The van der Waals surface area contributed by atoms with Gasteiger partial charge in [0.2, 0.25) is 5.91 Å². The van der Waals surface area contributed by atoms with Crippen molar-refractivity contribution in [3.63, 3.8) is 0 Å². The van der Waals surface area contributed by atoms with Gasteiger partial charge in [-0.1, -0.05) is 44.2 Å². The van der Waals surface area contributed by atoms with Crippen LogP contribution in [0.3, 0.4) is 0 Å². The van der Waals surface area contributed by atoms with Crippen LogP contribution in [0.1, 0.15) is 19.5 Å². The number of nitrogens with zero attached hydrogens (tertiary/aromatic N) is 1. The van der Waals surface area contributed by atoms with Crippen molar-refractivity contribution >= 4 is 11.7 Å². The van der Waals surface area contributed by atoms with Crippen LogP contribution in [-0.4, -0.2) is 16.1 Å². The molecule has 0 bridgehead atoms. The van der Waals surface area contributed by atoms with Gasteiger partial charge in [-0.3, -0.25) is 9.89 Å². The van der Waals surface area contributed by atoms with Gasteiger partial charge in [-0.05, 0) is 5.56 Å². The number of carbonyl (C=O) groups is 1. The summed E-state index contributed by atoms with van der Waals surface area (Å²) in [5, 5.41) is 7.99. The molecule has 0 aliphatic carbocycles. The smallest absolute Gasteiger partial charge is 0.308 e. The van der Waals surface area contributed by atoms with Gasteiger partial charge < -0.3 is 5.32 Å². The number of nitrogens with one attached hydrogen (secondary N) is 2. The fraction of sp³-hybridized carbons (Fsp3) is 0.286. The van der Waals surface area contributed by atoms with Crippen LogP contribution in [0.15, 0.2) is 30.3 Å². The van der Waals surface area contributed by atoms with E-state index in [2.05, 4.69) is 10.4 Å². The van der Waals surface area contributed by atoms with E-state index >= 15 is 0 Å². The Morgan fingerprint density at radius 3 is 2.38 bits per heavy atom. The first-order chi connectivity index (χ1) is 9.80. The Balaban J connectivity index is 2.52. The maximum atomic E-state index is 13.1. The second kappa shape index (κ2) is 5.59. The van der Waals surface area contributed by atoms with Crippen LogP contribution in [0.25, 0.3) is 11.1 Å². The Morgan fingerprint density at radius 2 is 1.86 bits per heavy atom. The number of carbonyl (C=O) groups excluding carboxylic acids is 1. The number of H-pyrrole nitrogens is 1. The van der Waals surface area contributed by atoms with E-state index in [1.54, 1.807) is 32.0 Å². The Morgan fingerprint density at radius 1 is 1.24 bits per heavy atom. The number of alkyl halides is 3. The highest BCUT2D eigenvalue weighted by molar-refractivity contribution is 5.95. The number of aromatic amines is 1. The Kier molecular flexibility index (Phi) is 4.02. The molecule has 0 aliphatic heterocycles. The summed E-state index contributed by atoms with van der Waals surface area (Å²) in [5.41, 5.74) is -0.803. The van der Waals surface area contributed by atoms with Crippen molar-refractivity contribution in [2.24, 2.45) is 5.92 Å². The molecule has 0 radical (unpaired) electrons. The third-order valence-electron chi connectivity index (χ3n) is 2.88. The summed E-state index contributed by atoms with van der Waals surface area (Å²) in [6.07, 6.45) is -4.58. The Bertz CT molecular complexity index is 633. The van der Waals surface area contributed by atoms with Gasteiger partial charge >= 0.3 is 6.18 Å². The predicted octanol–water partition coefficient (Wildman–Crippen LogP) is 3.69. The number of rotatable bonds is 3. The number of halogens is 3. The van der Waals surface area contributed by atoms with Gasteiger partial charge in [-0.15, -0.1) is 0 Å². The monoisotopic (exact) mass is 297 g/mol. The van der Waals surface area contributed by atoms with E-state index in [0.29, 0.717) is 5.56 Å². The molecule has 21 heavy (non-hydrogen) atoms. The normalized spacial score (nSPS) is 11.7. The standard InChI is InChI=1S/C14H14F3N3O/c1-8(2)13(21)18-12-10(9-6-4-3-5-7-9)11(19-20-12)14(15,16)17/h3-8H,1-2H3,(H2,18,19,20,21). The molecule has 0 aliphatic rings. The molecular weight excluding hydrogens is 283 g/mol. The Hall–Kier alpha value is -2.31. The van der Waals surface area contributed by atoms with Gasteiger partial charge in [-0.25, -0.2) is 0 Å². The zero-order valence-electron chi connectivity index (χ0n) is 11.5. The molecule has 2 aromatic rings. The van der Waals surface area contributed by atoms with E-state index in [4.69, 9.17) is 0 Å². The van der Waals surface area contributed by atoms with Crippen molar-refractivity contribution in [1.29, 1.82) is 0 Å². The SMILES string of the molecule is CC(C)C(=O)Nc1n[nH]c(C(F)(F)F)c1-c1ccccc1. The van der Waals surface area contributed by atoms with Crippen LogP contribution in [0.4, 0.5) is 19.0 Å². The molecule has 0 saturated carbocycles. The van der Waals surface area contributed by atoms with E-state index in [0.717, 1.165) is 0 Å². The van der Waals surface area contributed by atoms with Gasteiger partial charge in [0.25, 0.3) is 0 Å². The van der Waals surface area contributed by atoms with Crippen molar-refractivity contribution in [2.45, 2.75) is 20.0 Å². The van der Waals surface area contributed by atoms with E-state index in [-0.39, 0.29) is 17.3 Å². The fourth-order valence-corrected chi connectivity index (χ4v) is 1.78. The minimum absolute atomic E-state index is 0.118. The minimum Gasteiger partial charge on any atom is -0.308 e. The molecule has 0 spiro atoms. The van der Waals surface area contributed by atoms with Crippen molar-refractivity contribution in [2.75, 3.05) is 5.32 Å². The van der Waals surface area contributed by atoms with Gasteiger partial charge in [0, 0.05) is 5.92 Å². The van der Waals surface area contributed by atoms with Gasteiger partial charge in [0.15, 0.2) is 5.82 Å². The summed E-state index contributed by atoms with van der Waals surface area (Å²) in [4.78, 5) is 11.7. The average molecular weight is 297 g/mol. The van der Waals surface area contributed by atoms with E-state index in [1.807, 2.05) is 5.10 Å². The molecule has 4 nitrogen and oxygen atoms in total. The second-order valence-corrected chi connectivity index (χ2v) is 4.83. The molecule has 2 rings (SSSR count). The number of hydrogen-bond donors (Lipinski definition) is 2. The number of amides is 1.